The number of aromatic nitrogens is 5. The quantitative estimate of drug-likeness (QED) is 0.380. The minimum absolute atomic E-state index is 0.0960. The molecule has 0 unspecified atom stereocenters. The van der Waals surface area contributed by atoms with E-state index in [4.69, 9.17) is 4.74 Å². The fraction of sp³-hybridized carbons (Fsp3) is 0.562. The number of aliphatic hydroxyl groups is 1. The van der Waals surface area contributed by atoms with Gasteiger partial charge in [0.05, 0.1) is 25.1 Å². The summed E-state index contributed by atoms with van der Waals surface area (Å²) in [4.78, 5) is 10.1. The first-order valence-corrected chi connectivity index (χ1v) is 11.8. The van der Waals surface area contributed by atoms with Crippen LogP contribution < -0.4 is 4.90 Å². The average molecular weight is 556 g/mol. The van der Waals surface area contributed by atoms with E-state index in [1.54, 1.807) is 41.5 Å². The molecule has 0 spiro atoms. The van der Waals surface area contributed by atoms with E-state index in [9.17, 15) is 22.3 Å². The highest BCUT2D eigenvalue weighted by atomic mass is 127. The van der Waals surface area contributed by atoms with Crippen molar-refractivity contribution in [1.82, 2.24) is 24.3 Å². The van der Waals surface area contributed by atoms with Gasteiger partial charge in [0.1, 0.15) is 31.8 Å². The van der Waals surface area contributed by atoms with Crippen molar-refractivity contribution in [1.29, 1.82) is 0 Å². The van der Waals surface area contributed by atoms with E-state index in [-0.39, 0.29) is 40.4 Å². The summed E-state index contributed by atoms with van der Waals surface area (Å²) < 4.78 is 59.1. The number of ether oxygens (including phenoxy) is 1. The normalized spacial score (nSPS) is 21.1. The number of hydrogen-bond donors (Lipinski definition) is 1. The maximum absolute atomic E-state index is 13.4. The molecule has 0 aliphatic carbocycles. The molecule has 3 aromatic rings. The van der Waals surface area contributed by atoms with E-state index in [1.807, 2.05) is 0 Å². The van der Waals surface area contributed by atoms with Crippen molar-refractivity contribution >= 4 is 60.3 Å². The Balaban J connectivity index is 2.09. The van der Waals surface area contributed by atoms with Crippen molar-refractivity contribution < 1.29 is 27.0 Å². The van der Waals surface area contributed by atoms with Gasteiger partial charge in [0.25, 0.3) is 5.16 Å². The molecular weight excluding hydrogens is 537 g/mol. The first kappa shape index (κ1) is 21.6. The van der Waals surface area contributed by atoms with E-state index in [2.05, 4.69) is 15.1 Å². The van der Waals surface area contributed by atoms with E-state index < -0.39 is 27.1 Å². The second-order valence-electron chi connectivity index (χ2n) is 7.54. The van der Waals surface area contributed by atoms with Gasteiger partial charge in [-0.3, -0.25) is 0 Å². The smallest absolute Gasteiger partial charge is 0.334 e. The van der Waals surface area contributed by atoms with Gasteiger partial charge in [-0.2, -0.15) is 23.5 Å². The number of anilines is 1. The van der Waals surface area contributed by atoms with Crippen LogP contribution in [0.3, 0.4) is 0 Å². The summed E-state index contributed by atoms with van der Waals surface area (Å²) >= 11 is 1.77. The Morgan fingerprint density at radius 1 is 1.33 bits per heavy atom. The number of fused-ring (bicyclic) bond motifs is 3. The standard InChI is InChI=1S/C16H19F2IN6O4S/c1-16(26)6-24(4-5-29-7-16)13-8-9-10(11(19)25(22-9)14(17)18)23(2)12(8)20-15(21-13)30(3,27)28/h14,26H,4-7H2,1-3H3/t16-/m0/s1. The first-order valence-electron chi connectivity index (χ1n) is 8.88. The van der Waals surface area contributed by atoms with E-state index in [0.29, 0.717) is 22.1 Å². The zero-order chi connectivity index (χ0) is 22.0. The number of halogens is 3. The third kappa shape index (κ3) is 3.52. The van der Waals surface area contributed by atoms with E-state index in [0.717, 1.165) is 6.26 Å². The first-order chi connectivity index (χ1) is 13.9. The Morgan fingerprint density at radius 3 is 2.67 bits per heavy atom. The van der Waals surface area contributed by atoms with Gasteiger partial charge in [-0.15, -0.1) is 0 Å². The predicted octanol–water partition coefficient (Wildman–Crippen LogP) is 1.31. The van der Waals surface area contributed by atoms with Crippen molar-refractivity contribution in [2.45, 2.75) is 24.2 Å². The lowest BCUT2D eigenvalue weighted by molar-refractivity contribution is -0.0123. The van der Waals surface area contributed by atoms with Crippen LogP contribution >= 0.6 is 22.6 Å². The van der Waals surface area contributed by atoms with E-state index >= 15 is 0 Å². The lowest BCUT2D eigenvalue weighted by Crippen LogP contribution is -2.42. The number of sulfone groups is 1. The molecule has 1 saturated heterocycles. The highest BCUT2D eigenvalue weighted by Gasteiger charge is 2.33. The summed E-state index contributed by atoms with van der Waals surface area (Å²) in [6.07, 6.45) is 0.995. The summed E-state index contributed by atoms with van der Waals surface area (Å²) in [6.45, 7) is -0.463. The zero-order valence-electron chi connectivity index (χ0n) is 16.3. The van der Waals surface area contributed by atoms with Crippen LogP contribution in [0.4, 0.5) is 14.6 Å². The van der Waals surface area contributed by atoms with Crippen LogP contribution in [0.1, 0.15) is 13.5 Å². The number of rotatable bonds is 3. The Morgan fingerprint density at radius 2 is 2.03 bits per heavy atom. The molecule has 4 heterocycles. The molecule has 0 aromatic carbocycles. The molecule has 1 atom stereocenters. The fourth-order valence-electron chi connectivity index (χ4n) is 3.56. The lowest BCUT2D eigenvalue weighted by Gasteiger charge is -2.28. The third-order valence-corrected chi connectivity index (χ3v) is 6.69. The molecule has 1 aliphatic heterocycles. The van der Waals surface area contributed by atoms with Gasteiger partial charge in [0, 0.05) is 19.8 Å². The Bertz CT molecular complexity index is 1260. The van der Waals surface area contributed by atoms with Crippen LogP contribution in [0.5, 0.6) is 0 Å². The largest absolute Gasteiger partial charge is 0.386 e. The Labute approximate surface area is 183 Å². The average Bonchev–Trinajstić information content (AvgIpc) is 3.04. The van der Waals surface area contributed by atoms with Crippen molar-refractivity contribution in [3.05, 3.63) is 3.70 Å². The molecule has 0 amide bonds. The summed E-state index contributed by atoms with van der Waals surface area (Å²) in [5.74, 6) is 0.201. The molecule has 0 bridgehead atoms. The third-order valence-electron chi connectivity index (χ3n) is 4.83. The van der Waals surface area contributed by atoms with Gasteiger partial charge in [-0.25, -0.2) is 13.4 Å². The molecule has 1 N–H and O–H groups in total. The SMILES string of the molecule is Cn1c2nc(S(C)(=O)=O)nc(N3CCOC[C@@](C)(O)C3)c2c2nn(C(F)F)c(I)c21. The maximum atomic E-state index is 13.4. The van der Waals surface area contributed by atoms with Gasteiger partial charge in [-0.05, 0) is 29.5 Å². The number of β-amino-alcohol motifs (C(OH)–C–C–N with tert-alkyl or cyclic N) is 1. The molecule has 4 rings (SSSR count). The van der Waals surface area contributed by atoms with Crippen LogP contribution in [0.15, 0.2) is 5.16 Å². The fourth-order valence-corrected chi connectivity index (χ4v) is 5.00. The number of alkyl halides is 2. The molecule has 30 heavy (non-hydrogen) atoms. The van der Waals surface area contributed by atoms with Gasteiger partial charge >= 0.3 is 6.55 Å². The second-order valence-corrected chi connectivity index (χ2v) is 10.5. The minimum atomic E-state index is -3.77. The van der Waals surface area contributed by atoms with E-state index in [1.165, 1.54) is 4.57 Å². The lowest BCUT2D eigenvalue weighted by atomic mass is 10.1. The van der Waals surface area contributed by atoms with Crippen LogP contribution in [-0.4, -0.2) is 76.0 Å². The Kier molecular flexibility index (Phi) is 5.18. The monoisotopic (exact) mass is 556 g/mol. The molecule has 3 aromatic heterocycles. The van der Waals surface area contributed by atoms with Crippen molar-refractivity contribution in [2.75, 3.05) is 37.5 Å². The molecule has 1 fully saturated rings. The molecule has 14 heteroatoms. The molecule has 1 aliphatic rings. The van der Waals surface area contributed by atoms with Crippen molar-refractivity contribution in [3.8, 4) is 0 Å². The maximum Gasteiger partial charge on any atom is 0.334 e. The highest BCUT2D eigenvalue weighted by molar-refractivity contribution is 14.1. The summed E-state index contributed by atoms with van der Waals surface area (Å²) in [5, 5.41) is 14.6. The van der Waals surface area contributed by atoms with Crippen molar-refractivity contribution in [3.63, 3.8) is 0 Å². The van der Waals surface area contributed by atoms with Gasteiger partial charge in [0.2, 0.25) is 9.84 Å². The van der Waals surface area contributed by atoms with Crippen LogP contribution in [0, 0.1) is 3.70 Å². The van der Waals surface area contributed by atoms with Crippen molar-refractivity contribution in [2.24, 2.45) is 7.05 Å². The van der Waals surface area contributed by atoms with Gasteiger partial charge in [-0.1, -0.05) is 0 Å². The second kappa shape index (κ2) is 7.20. The van der Waals surface area contributed by atoms with Crippen LogP contribution in [0.2, 0.25) is 0 Å². The number of nitrogens with zero attached hydrogens (tertiary/aromatic N) is 6. The molecular formula is C16H19F2IN6O4S. The molecule has 164 valence electrons. The number of aryl methyl sites for hydroxylation is 1. The molecule has 0 saturated carbocycles. The molecule has 10 nitrogen and oxygen atoms in total. The van der Waals surface area contributed by atoms with Crippen LogP contribution in [-0.2, 0) is 21.6 Å². The zero-order valence-corrected chi connectivity index (χ0v) is 19.3. The van der Waals surface area contributed by atoms with Gasteiger partial charge < -0.3 is 19.3 Å². The predicted molar refractivity (Wildman–Crippen MR) is 113 cm³/mol. The van der Waals surface area contributed by atoms with Gasteiger partial charge in [0.15, 0.2) is 0 Å². The topological polar surface area (TPSA) is 115 Å². The summed E-state index contributed by atoms with van der Waals surface area (Å²) in [5.41, 5.74) is -0.340. The Hall–Kier alpha value is -1.65. The highest BCUT2D eigenvalue weighted by Crippen LogP contribution is 2.37. The number of hydrogen-bond acceptors (Lipinski definition) is 8. The summed E-state index contributed by atoms with van der Waals surface area (Å²) in [6, 6.07) is 0. The summed E-state index contributed by atoms with van der Waals surface area (Å²) in [7, 11) is -2.16. The van der Waals surface area contributed by atoms with Crippen LogP contribution in [0.25, 0.3) is 22.1 Å². The molecule has 0 radical (unpaired) electrons. The minimum Gasteiger partial charge on any atom is -0.386 e.